The number of anilines is 1. The van der Waals surface area contributed by atoms with Crippen molar-refractivity contribution in [2.75, 3.05) is 19.0 Å². The maximum atomic E-state index is 12.7. The zero-order valence-electron chi connectivity index (χ0n) is 18.1. The largest absolute Gasteiger partial charge is 0.496 e. The van der Waals surface area contributed by atoms with E-state index in [4.69, 9.17) is 25.8 Å². The molecule has 0 aliphatic rings. The van der Waals surface area contributed by atoms with Gasteiger partial charge in [-0.15, -0.1) is 0 Å². The van der Waals surface area contributed by atoms with Gasteiger partial charge in [-0.25, -0.2) is 4.79 Å². The lowest BCUT2D eigenvalue weighted by molar-refractivity contribution is 0.0526. The van der Waals surface area contributed by atoms with E-state index >= 15 is 0 Å². The molecule has 0 spiro atoms. The molecule has 0 aromatic heterocycles. The van der Waals surface area contributed by atoms with E-state index in [2.05, 4.69) is 5.32 Å². The molecule has 0 heterocycles. The van der Waals surface area contributed by atoms with Gasteiger partial charge >= 0.3 is 5.97 Å². The van der Waals surface area contributed by atoms with Crippen molar-refractivity contribution >= 4 is 29.2 Å². The number of esters is 1. The molecule has 3 aromatic rings. The number of hydrogen-bond donors (Lipinski definition) is 1. The van der Waals surface area contributed by atoms with Crippen LogP contribution in [-0.2, 0) is 11.3 Å². The number of methoxy groups -OCH3 is 1. The summed E-state index contributed by atoms with van der Waals surface area (Å²) < 4.78 is 16.2. The van der Waals surface area contributed by atoms with Gasteiger partial charge in [-0.3, -0.25) is 4.79 Å². The normalized spacial score (nSPS) is 10.4. The first-order chi connectivity index (χ1) is 15.4. The van der Waals surface area contributed by atoms with E-state index in [1.54, 1.807) is 68.6 Å². The summed E-state index contributed by atoms with van der Waals surface area (Å²) in [4.78, 5) is 24.5. The van der Waals surface area contributed by atoms with Crippen LogP contribution in [0.2, 0.25) is 5.02 Å². The average molecular weight is 454 g/mol. The number of rotatable bonds is 8. The van der Waals surface area contributed by atoms with Crippen molar-refractivity contribution in [1.82, 2.24) is 0 Å². The van der Waals surface area contributed by atoms with Gasteiger partial charge in [0.15, 0.2) is 0 Å². The summed E-state index contributed by atoms with van der Waals surface area (Å²) >= 11 is 6.06. The van der Waals surface area contributed by atoms with Gasteiger partial charge in [-0.05, 0) is 80.1 Å². The van der Waals surface area contributed by atoms with Crippen LogP contribution in [0.5, 0.6) is 11.5 Å². The number of nitrogens with one attached hydrogen (secondary N) is 1. The predicted octanol–water partition coefficient (Wildman–Crippen LogP) is 5.67. The Morgan fingerprint density at radius 1 is 0.969 bits per heavy atom. The van der Waals surface area contributed by atoms with Crippen LogP contribution in [0, 0.1) is 6.92 Å². The second-order valence-corrected chi connectivity index (χ2v) is 7.39. The summed E-state index contributed by atoms with van der Waals surface area (Å²) in [6, 6.07) is 17.1. The van der Waals surface area contributed by atoms with Gasteiger partial charge in [0.2, 0.25) is 0 Å². The number of carbonyl (C=O) groups is 2. The van der Waals surface area contributed by atoms with Gasteiger partial charge in [-0.1, -0.05) is 11.6 Å². The van der Waals surface area contributed by atoms with Gasteiger partial charge in [0.25, 0.3) is 5.91 Å². The average Bonchev–Trinajstić information content (AvgIpc) is 2.80. The van der Waals surface area contributed by atoms with E-state index in [-0.39, 0.29) is 12.5 Å². The van der Waals surface area contributed by atoms with E-state index in [9.17, 15) is 9.59 Å². The molecule has 1 N–H and O–H groups in total. The number of ether oxygens (including phenoxy) is 3. The Morgan fingerprint density at radius 3 is 2.34 bits per heavy atom. The fourth-order valence-corrected chi connectivity index (χ4v) is 3.13. The molecule has 7 heteroatoms. The van der Waals surface area contributed by atoms with E-state index in [0.717, 1.165) is 11.1 Å². The smallest absolute Gasteiger partial charge is 0.338 e. The topological polar surface area (TPSA) is 73.9 Å². The first-order valence-electron chi connectivity index (χ1n) is 10.1. The number of hydrogen-bond acceptors (Lipinski definition) is 5. The van der Waals surface area contributed by atoms with E-state index in [1.807, 2.05) is 13.0 Å². The van der Waals surface area contributed by atoms with Gasteiger partial charge in [0.1, 0.15) is 18.1 Å². The Morgan fingerprint density at radius 2 is 1.69 bits per heavy atom. The summed E-state index contributed by atoms with van der Waals surface area (Å²) in [5.41, 5.74) is 3.08. The summed E-state index contributed by atoms with van der Waals surface area (Å²) in [7, 11) is 1.57. The third-order valence-electron chi connectivity index (χ3n) is 4.72. The molecule has 0 atom stereocenters. The molecule has 0 bridgehead atoms. The lowest BCUT2D eigenvalue weighted by atomic mass is 10.1. The molecule has 1 amide bonds. The van der Waals surface area contributed by atoms with Crippen molar-refractivity contribution in [2.24, 2.45) is 0 Å². The van der Waals surface area contributed by atoms with E-state index < -0.39 is 5.97 Å². The zero-order valence-corrected chi connectivity index (χ0v) is 18.9. The lowest BCUT2D eigenvalue weighted by Crippen LogP contribution is -2.13. The molecule has 0 aliphatic heterocycles. The maximum absolute atomic E-state index is 12.7. The fraction of sp³-hybridized carbons (Fsp3) is 0.200. The highest BCUT2D eigenvalue weighted by Gasteiger charge is 2.13. The molecule has 166 valence electrons. The second-order valence-electron chi connectivity index (χ2n) is 6.98. The highest BCUT2D eigenvalue weighted by molar-refractivity contribution is 6.31. The van der Waals surface area contributed by atoms with Crippen LogP contribution in [0.4, 0.5) is 5.69 Å². The quantitative estimate of drug-likeness (QED) is 0.445. The molecule has 3 aromatic carbocycles. The van der Waals surface area contributed by atoms with Crippen molar-refractivity contribution in [2.45, 2.75) is 20.5 Å². The number of halogens is 1. The van der Waals surface area contributed by atoms with Gasteiger partial charge in [-0.2, -0.15) is 0 Å². The van der Waals surface area contributed by atoms with Crippen molar-refractivity contribution in [3.63, 3.8) is 0 Å². The van der Waals surface area contributed by atoms with Gasteiger partial charge in [0.05, 0.1) is 19.3 Å². The van der Waals surface area contributed by atoms with Crippen molar-refractivity contribution in [1.29, 1.82) is 0 Å². The van der Waals surface area contributed by atoms with Crippen molar-refractivity contribution in [3.8, 4) is 11.5 Å². The predicted molar refractivity (Wildman–Crippen MR) is 124 cm³/mol. The highest BCUT2D eigenvalue weighted by atomic mass is 35.5. The number of amides is 1. The van der Waals surface area contributed by atoms with Gasteiger partial charge in [0, 0.05) is 21.8 Å². The number of aryl methyl sites for hydroxylation is 1. The maximum Gasteiger partial charge on any atom is 0.338 e. The van der Waals surface area contributed by atoms with Crippen molar-refractivity contribution < 1.29 is 23.8 Å². The third-order valence-corrected chi connectivity index (χ3v) is 5.14. The first-order valence-corrected chi connectivity index (χ1v) is 10.4. The minimum absolute atomic E-state index is 0.222. The van der Waals surface area contributed by atoms with Crippen LogP contribution in [0.25, 0.3) is 0 Å². The molecule has 0 saturated heterocycles. The summed E-state index contributed by atoms with van der Waals surface area (Å²) in [6.45, 7) is 4.18. The zero-order chi connectivity index (χ0) is 23.1. The minimum Gasteiger partial charge on any atom is -0.496 e. The molecule has 0 saturated carbocycles. The Bertz CT molecular complexity index is 1110. The molecule has 6 nitrogen and oxygen atoms in total. The van der Waals surface area contributed by atoms with Crippen molar-refractivity contribution in [3.05, 3.63) is 87.9 Å². The van der Waals surface area contributed by atoms with Crippen LogP contribution in [-0.4, -0.2) is 25.6 Å². The van der Waals surface area contributed by atoms with Crippen LogP contribution in [0.3, 0.4) is 0 Å². The van der Waals surface area contributed by atoms with Crippen LogP contribution in [0.1, 0.15) is 38.8 Å². The third kappa shape index (κ3) is 5.80. The number of carbonyl (C=O) groups excluding carboxylic acids is 2. The van der Waals surface area contributed by atoms with E-state index in [1.165, 1.54) is 0 Å². The monoisotopic (exact) mass is 453 g/mol. The second kappa shape index (κ2) is 10.7. The lowest BCUT2D eigenvalue weighted by Gasteiger charge is -2.13. The Balaban J connectivity index is 1.71. The SMILES string of the molecule is CCOC(=O)c1ccc(NC(=O)c2ccc(OC)c(COc3ccc(Cl)c(C)c3)c2)cc1. The summed E-state index contributed by atoms with van der Waals surface area (Å²) in [5, 5.41) is 3.49. The molecule has 32 heavy (non-hydrogen) atoms. The minimum atomic E-state index is -0.402. The molecular formula is C25H24ClNO5. The van der Waals surface area contributed by atoms with Crippen LogP contribution < -0.4 is 14.8 Å². The standard InChI is InChI=1S/C25H24ClNO5/c1-4-31-25(29)17-5-8-20(9-6-17)27-24(28)18-7-12-23(30-3)19(14-18)15-32-21-10-11-22(26)16(2)13-21/h5-14H,4,15H2,1-3H3,(H,27,28). The molecule has 3 rings (SSSR count). The Kier molecular flexibility index (Phi) is 7.73. The van der Waals surface area contributed by atoms with Crippen LogP contribution >= 0.6 is 11.6 Å². The Labute approximate surface area is 192 Å². The number of benzene rings is 3. The molecule has 0 radical (unpaired) electrons. The molecule has 0 aliphatic carbocycles. The first kappa shape index (κ1) is 23.2. The van der Waals surface area contributed by atoms with Crippen LogP contribution in [0.15, 0.2) is 60.7 Å². The van der Waals surface area contributed by atoms with Gasteiger partial charge < -0.3 is 19.5 Å². The molecule has 0 unspecified atom stereocenters. The Hall–Kier alpha value is -3.51. The molecule has 0 fully saturated rings. The summed E-state index contributed by atoms with van der Waals surface area (Å²) in [5.74, 6) is 0.595. The highest BCUT2D eigenvalue weighted by Crippen LogP contribution is 2.25. The molecular weight excluding hydrogens is 430 g/mol. The summed E-state index contributed by atoms with van der Waals surface area (Å²) in [6.07, 6.45) is 0. The van der Waals surface area contributed by atoms with E-state index in [0.29, 0.717) is 39.9 Å². The fourth-order valence-electron chi connectivity index (χ4n) is 3.01.